The van der Waals surface area contributed by atoms with Crippen LogP contribution in [0.25, 0.3) is 0 Å². The second-order valence-electron chi connectivity index (χ2n) is 3.61. The van der Waals surface area contributed by atoms with Crippen LogP contribution in [0.4, 0.5) is 10.1 Å². The van der Waals surface area contributed by atoms with Gasteiger partial charge in [0, 0.05) is 15.8 Å². The van der Waals surface area contributed by atoms with Gasteiger partial charge in [0.2, 0.25) is 0 Å². The molecule has 88 valence electrons. The SMILES string of the molecule is Fc1cc(NCc2ccc(I)cc2)ccc1Br. The first-order valence-corrected chi connectivity index (χ1v) is 6.96. The third-order valence-electron chi connectivity index (χ3n) is 2.33. The number of nitrogens with one attached hydrogen (secondary N) is 1. The standard InChI is InChI=1S/C13H10BrFIN/c14-12-6-5-11(7-13(12)15)17-8-9-1-3-10(16)4-2-9/h1-7,17H,8H2. The topological polar surface area (TPSA) is 12.0 Å². The zero-order valence-corrected chi connectivity index (χ0v) is 12.6. The van der Waals surface area contributed by atoms with Gasteiger partial charge in [0.25, 0.3) is 0 Å². The number of anilines is 1. The van der Waals surface area contributed by atoms with Crippen LogP contribution < -0.4 is 5.32 Å². The molecule has 0 aliphatic rings. The average molecular weight is 406 g/mol. The van der Waals surface area contributed by atoms with Gasteiger partial charge in [0.05, 0.1) is 4.47 Å². The maximum absolute atomic E-state index is 13.3. The molecule has 0 saturated carbocycles. The molecular formula is C13H10BrFIN. The molecule has 0 spiro atoms. The maximum atomic E-state index is 13.3. The Morgan fingerprint density at radius 1 is 1.12 bits per heavy atom. The van der Waals surface area contributed by atoms with Crippen LogP contribution in [0.15, 0.2) is 46.9 Å². The lowest BCUT2D eigenvalue weighted by Gasteiger charge is -2.07. The van der Waals surface area contributed by atoms with Crippen LogP contribution in [0.5, 0.6) is 0 Å². The summed E-state index contributed by atoms with van der Waals surface area (Å²) in [5.74, 6) is -0.252. The number of halogens is 3. The van der Waals surface area contributed by atoms with Crippen LogP contribution in [0.2, 0.25) is 0 Å². The molecule has 2 aromatic carbocycles. The summed E-state index contributed by atoms with van der Waals surface area (Å²) in [7, 11) is 0. The van der Waals surface area contributed by atoms with Gasteiger partial charge in [-0.25, -0.2) is 4.39 Å². The Morgan fingerprint density at radius 3 is 2.47 bits per heavy atom. The van der Waals surface area contributed by atoms with Crippen LogP contribution in [0, 0.1) is 9.39 Å². The van der Waals surface area contributed by atoms with E-state index in [4.69, 9.17) is 0 Å². The molecule has 0 radical (unpaired) electrons. The molecule has 0 bridgehead atoms. The van der Waals surface area contributed by atoms with Crippen molar-refractivity contribution in [1.29, 1.82) is 0 Å². The molecule has 0 atom stereocenters. The van der Waals surface area contributed by atoms with E-state index in [1.807, 2.05) is 6.07 Å². The fraction of sp³-hybridized carbons (Fsp3) is 0.0769. The summed E-state index contributed by atoms with van der Waals surface area (Å²) in [4.78, 5) is 0. The van der Waals surface area contributed by atoms with Gasteiger partial charge in [-0.3, -0.25) is 0 Å². The Labute approximate surface area is 122 Å². The van der Waals surface area contributed by atoms with Crippen molar-refractivity contribution in [3.8, 4) is 0 Å². The predicted octanol–water partition coefficient (Wildman–Crippen LogP) is 4.80. The highest BCUT2D eigenvalue weighted by Gasteiger charge is 2.00. The first-order chi connectivity index (χ1) is 8.15. The Hall–Kier alpha value is -0.620. The fourth-order valence-electron chi connectivity index (χ4n) is 1.41. The van der Waals surface area contributed by atoms with E-state index in [0.717, 1.165) is 5.69 Å². The number of rotatable bonds is 3. The minimum absolute atomic E-state index is 0.252. The van der Waals surface area contributed by atoms with Crippen molar-refractivity contribution < 1.29 is 4.39 Å². The normalized spacial score (nSPS) is 10.3. The van der Waals surface area contributed by atoms with Gasteiger partial charge in [0.1, 0.15) is 5.82 Å². The van der Waals surface area contributed by atoms with Crippen molar-refractivity contribution in [2.45, 2.75) is 6.54 Å². The van der Waals surface area contributed by atoms with E-state index < -0.39 is 0 Å². The summed E-state index contributed by atoms with van der Waals surface area (Å²) >= 11 is 5.40. The lowest BCUT2D eigenvalue weighted by atomic mass is 10.2. The van der Waals surface area contributed by atoms with Gasteiger partial charge >= 0.3 is 0 Å². The summed E-state index contributed by atoms with van der Waals surface area (Å²) in [6.45, 7) is 0.692. The van der Waals surface area contributed by atoms with Gasteiger partial charge in [-0.05, 0) is 74.4 Å². The molecule has 0 aromatic heterocycles. The lowest BCUT2D eigenvalue weighted by molar-refractivity contribution is 0.621. The van der Waals surface area contributed by atoms with E-state index in [9.17, 15) is 4.39 Å². The van der Waals surface area contributed by atoms with Crippen LogP contribution >= 0.6 is 38.5 Å². The first kappa shape index (κ1) is 12.8. The van der Waals surface area contributed by atoms with Crippen molar-refractivity contribution in [1.82, 2.24) is 0 Å². The molecule has 2 rings (SSSR count). The quantitative estimate of drug-likeness (QED) is 0.723. The molecule has 4 heteroatoms. The van der Waals surface area contributed by atoms with E-state index in [0.29, 0.717) is 11.0 Å². The van der Waals surface area contributed by atoms with Crippen molar-refractivity contribution >= 4 is 44.2 Å². The smallest absolute Gasteiger partial charge is 0.139 e. The lowest BCUT2D eigenvalue weighted by Crippen LogP contribution is -1.99. The zero-order chi connectivity index (χ0) is 12.3. The summed E-state index contributed by atoms with van der Waals surface area (Å²) in [5, 5.41) is 3.19. The molecule has 17 heavy (non-hydrogen) atoms. The van der Waals surface area contributed by atoms with Crippen molar-refractivity contribution in [2.75, 3.05) is 5.32 Å². The second-order valence-corrected chi connectivity index (χ2v) is 5.71. The highest BCUT2D eigenvalue weighted by atomic mass is 127. The molecule has 1 nitrogen and oxygen atoms in total. The molecule has 0 saturated heterocycles. The molecule has 1 N–H and O–H groups in total. The Kier molecular flexibility index (Phi) is 4.39. The Balaban J connectivity index is 2.02. The van der Waals surface area contributed by atoms with Crippen molar-refractivity contribution in [3.63, 3.8) is 0 Å². The molecule has 2 aromatic rings. The first-order valence-electron chi connectivity index (χ1n) is 5.08. The van der Waals surface area contributed by atoms with Gasteiger partial charge < -0.3 is 5.32 Å². The van der Waals surface area contributed by atoms with Crippen LogP contribution in [-0.4, -0.2) is 0 Å². The molecular weight excluding hydrogens is 396 g/mol. The molecule has 0 fully saturated rings. The van der Waals surface area contributed by atoms with Gasteiger partial charge in [0.15, 0.2) is 0 Å². The highest BCUT2D eigenvalue weighted by Crippen LogP contribution is 2.19. The van der Waals surface area contributed by atoms with Crippen LogP contribution in [0.1, 0.15) is 5.56 Å². The summed E-state index contributed by atoms with van der Waals surface area (Å²) in [6, 6.07) is 13.3. The third kappa shape index (κ3) is 3.67. The highest BCUT2D eigenvalue weighted by molar-refractivity contribution is 14.1. The molecule has 0 aliphatic heterocycles. The summed E-state index contributed by atoms with van der Waals surface area (Å²) < 4.78 is 15.0. The third-order valence-corrected chi connectivity index (χ3v) is 3.69. The van der Waals surface area contributed by atoms with Crippen LogP contribution in [-0.2, 0) is 6.54 Å². The minimum atomic E-state index is -0.252. The fourth-order valence-corrected chi connectivity index (χ4v) is 2.02. The number of hydrogen-bond acceptors (Lipinski definition) is 1. The second kappa shape index (κ2) is 5.82. The van der Waals surface area contributed by atoms with Crippen molar-refractivity contribution in [3.05, 3.63) is 61.9 Å². The molecule has 0 aliphatic carbocycles. The van der Waals surface area contributed by atoms with E-state index >= 15 is 0 Å². The number of benzene rings is 2. The zero-order valence-electron chi connectivity index (χ0n) is 8.88. The van der Waals surface area contributed by atoms with Gasteiger partial charge in [-0.1, -0.05) is 12.1 Å². The number of hydrogen-bond donors (Lipinski definition) is 1. The van der Waals surface area contributed by atoms with Crippen LogP contribution in [0.3, 0.4) is 0 Å². The van der Waals surface area contributed by atoms with Gasteiger partial charge in [-0.15, -0.1) is 0 Å². The van der Waals surface area contributed by atoms with E-state index in [2.05, 4.69) is 68.1 Å². The van der Waals surface area contributed by atoms with E-state index in [-0.39, 0.29) is 5.82 Å². The van der Waals surface area contributed by atoms with E-state index in [1.165, 1.54) is 15.2 Å². The molecule has 0 amide bonds. The monoisotopic (exact) mass is 405 g/mol. The Bertz CT molecular complexity index is 513. The predicted molar refractivity (Wildman–Crippen MR) is 80.6 cm³/mol. The van der Waals surface area contributed by atoms with Crippen molar-refractivity contribution in [2.24, 2.45) is 0 Å². The van der Waals surface area contributed by atoms with Gasteiger partial charge in [-0.2, -0.15) is 0 Å². The average Bonchev–Trinajstić information content (AvgIpc) is 2.33. The summed E-state index contributed by atoms with van der Waals surface area (Å²) in [5.41, 5.74) is 1.96. The molecule has 0 heterocycles. The maximum Gasteiger partial charge on any atom is 0.139 e. The largest absolute Gasteiger partial charge is 0.381 e. The minimum Gasteiger partial charge on any atom is -0.381 e. The Morgan fingerprint density at radius 2 is 1.82 bits per heavy atom. The summed E-state index contributed by atoms with van der Waals surface area (Å²) in [6.07, 6.45) is 0. The molecule has 0 unspecified atom stereocenters. The van der Waals surface area contributed by atoms with E-state index in [1.54, 1.807) is 6.07 Å².